The second-order valence-corrected chi connectivity index (χ2v) is 14.2. The summed E-state index contributed by atoms with van der Waals surface area (Å²) < 4.78 is 42.2. The molecule has 258 valence electrons. The third kappa shape index (κ3) is 4.36. The molecule has 6 aliphatic rings. The first kappa shape index (κ1) is 32.9. The Morgan fingerprint density at radius 1 is 0.979 bits per heavy atom. The van der Waals surface area contributed by atoms with E-state index >= 15 is 0 Å². The van der Waals surface area contributed by atoms with Gasteiger partial charge in [-0.15, -0.1) is 0 Å². The van der Waals surface area contributed by atoms with E-state index < -0.39 is 64.8 Å². The Hall–Kier alpha value is -2.65. The van der Waals surface area contributed by atoms with Crippen LogP contribution in [0.5, 0.6) is 5.75 Å². The van der Waals surface area contributed by atoms with Gasteiger partial charge in [0.25, 0.3) is 0 Å². The summed E-state index contributed by atoms with van der Waals surface area (Å²) in [5.74, 6) is -2.03. The van der Waals surface area contributed by atoms with E-state index in [0.29, 0.717) is 24.5 Å². The smallest absolute Gasteiger partial charge is 0.338 e. The summed E-state index contributed by atoms with van der Waals surface area (Å²) in [6.07, 6.45) is -1.61. The van der Waals surface area contributed by atoms with Crippen LogP contribution in [0.1, 0.15) is 36.5 Å². The summed E-state index contributed by atoms with van der Waals surface area (Å²) in [7, 11) is 7.92. The lowest BCUT2D eigenvalue weighted by molar-refractivity contribution is -0.244. The minimum Gasteiger partial charge on any atom is -0.497 e. The summed E-state index contributed by atoms with van der Waals surface area (Å²) in [6, 6.07) is 6.39. The summed E-state index contributed by atoms with van der Waals surface area (Å²) >= 11 is 0. The van der Waals surface area contributed by atoms with E-state index in [-0.39, 0.29) is 49.2 Å². The van der Waals surface area contributed by atoms with E-state index in [2.05, 4.69) is 0 Å². The normalized spacial score (nSPS) is 47.1. The van der Waals surface area contributed by atoms with Gasteiger partial charge in [-0.25, -0.2) is 4.79 Å². The zero-order valence-electron chi connectivity index (χ0n) is 27.7. The number of methoxy groups -OCH3 is 5. The molecule has 5 aliphatic carbocycles. The minimum atomic E-state index is -1.52. The van der Waals surface area contributed by atoms with Crippen molar-refractivity contribution < 1.29 is 57.5 Å². The zero-order valence-corrected chi connectivity index (χ0v) is 27.7. The lowest BCUT2D eigenvalue weighted by Gasteiger charge is -2.62. The van der Waals surface area contributed by atoms with Crippen LogP contribution in [-0.2, 0) is 42.8 Å². The molecule has 0 amide bonds. The van der Waals surface area contributed by atoms with Gasteiger partial charge in [0.1, 0.15) is 36.6 Å². The monoisotopic (exact) mass is 659 g/mol. The van der Waals surface area contributed by atoms with Crippen molar-refractivity contribution in [3.63, 3.8) is 0 Å². The van der Waals surface area contributed by atoms with Gasteiger partial charge in [-0.3, -0.25) is 9.63 Å². The predicted octanol–water partition coefficient (Wildman–Crippen LogP) is 1.64. The van der Waals surface area contributed by atoms with E-state index in [4.69, 9.17) is 38.0 Å². The first-order valence-electron chi connectivity index (χ1n) is 16.3. The summed E-state index contributed by atoms with van der Waals surface area (Å²) in [5.41, 5.74) is -3.34. The number of carbonyl (C=O) groups excluding carboxylic acids is 3. The van der Waals surface area contributed by atoms with Gasteiger partial charge >= 0.3 is 11.9 Å². The first-order chi connectivity index (χ1) is 22.6. The van der Waals surface area contributed by atoms with E-state index in [1.165, 1.54) is 14.0 Å². The Kier molecular flexibility index (Phi) is 8.22. The molecule has 1 aliphatic heterocycles. The number of nitrogens with zero attached hydrogens (tertiary/aromatic N) is 1. The van der Waals surface area contributed by atoms with Crippen molar-refractivity contribution in [2.24, 2.45) is 40.4 Å². The number of ether oxygens (including phenoxy) is 7. The molecule has 1 aromatic carbocycles. The third-order valence-corrected chi connectivity index (χ3v) is 12.7. The summed E-state index contributed by atoms with van der Waals surface area (Å²) in [6.45, 7) is 1.71. The van der Waals surface area contributed by atoms with E-state index in [9.17, 15) is 19.5 Å². The van der Waals surface area contributed by atoms with Crippen LogP contribution in [0.3, 0.4) is 0 Å². The number of aliphatic hydroxyl groups is 1. The molecule has 5 saturated carbocycles. The Morgan fingerprint density at radius 3 is 2.23 bits per heavy atom. The number of benzene rings is 1. The molecular formula is C34H45NO12. The Bertz CT molecular complexity index is 1390. The fraction of sp³-hybridized carbons (Fsp3) is 0.735. The van der Waals surface area contributed by atoms with Crippen molar-refractivity contribution in [3.8, 4) is 5.75 Å². The largest absolute Gasteiger partial charge is 0.497 e. The lowest BCUT2D eigenvalue weighted by Crippen LogP contribution is -2.70. The first-order valence-corrected chi connectivity index (χ1v) is 16.3. The van der Waals surface area contributed by atoms with Crippen LogP contribution in [0.25, 0.3) is 0 Å². The average Bonchev–Trinajstić information content (AvgIpc) is 3.83. The second-order valence-electron chi connectivity index (χ2n) is 14.2. The molecule has 15 atom stereocenters. The molecule has 0 radical (unpaired) electrons. The van der Waals surface area contributed by atoms with Crippen molar-refractivity contribution in [3.05, 3.63) is 29.8 Å². The van der Waals surface area contributed by atoms with E-state index in [0.717, 1.165) is 6.29 Å². The van der Waals surface area contributed by atoms with Crippen LogP contribution < -0.4 is 4.74 Å². The molecule has 6 fully saturated rings. The molecular weight excluding hydrogens is 614 g/mol. The van der Waals surface area contributed by atoms with Crippen molar-refractivity contribution in [2.75, 3.05) is 48.9 Å². The zero-order chi connectivity index (χ0) is 33.5. The van der Waals surface area contributed by atoms with Crippen molar-refractivity contribution in [1.29, 1.82) is 0 Å². The summed E-state index contributed by atoms with van der Waals surface area (Å²) in [4.78, 5) is 45.8. The molecule has 1 heterocycles. The molecule has 13 nitrogen and oxygen atoms in total. The number of carbonyl (C=O) groups is 3. The van der Waals surface area contributed by atoms with Gasteiger partial charge < -0.3 is 43.1 Å². The van der Waals surface area contributed by atoms with Crippen molar-refractivity contribution in [2.45, 2.75) is 68.3 Å². The maximum atomic E-state index is 13.7. The average molecular weight is 660 g/mol. The van der Waals surface area contributed by atoms with Gasteiger partial charge in [0.2, 0.25) is 0 Å². The second kappa shape index (κ2) is 11.7. The van der Waals surface area contributed by atoms with Gasteiger partial charge in [-0.1, -0.05) is 0 Å². The molecule has 47 heavy (non-hydrogen) atoms. The van der Waals surface area contributed by atoms with Crippen LogP contribution in [0.4, 0.5) is 0 Å². The quantitative estimate of drug-likeness (QED) is 0.208. The molecule has 1 spiro atoms. The number of hydrogen-bond donors (Lipinski definition) is 1. The minimum absolute atomic E-state index is 0.0135. The van der Waals surface area contributed by atoms with E-state index in [1.54, 1.807) is 52.7 Å². The standard InChI is InChI=1S/C34H45NO12/c1-17(37)46-22-12-24(43-5)34-21-13-33(39)23(42-4)11-20(25(21)30(33)47-31(38)18-7-9-19(41-3)10-8-18)26(29(34)35-16-45-35)27(44-6)28(34)32(22,14-36)15-40-2/h7-10,14,20-30,39H,11-13,15-16H2,1-6H3/t20-,21+,22+,23-,24-,25+,26-,27-,28+,29+,30+,32-,33-,34-,35?/m0/s1. The molecule has 1 saturated heterocycles. The van der Waals surface area contributed by atoms with Crippen LogP contribution in [0, 0.1) is 40.4 Å². The SMILES string of the molecule is COC[C@]1(C=O)[C@H]2[C@@H](OC)[C@@H]3[C@H]4C[C@H](OC)[C@@]5(O)C[C@H]([C@@H]4[C@H]5OC(=O)c4ccc(OC)cc4)[C@@]2([C@@H](OC)C[C@H]1OC(C)=O)[C@@H]3N1CO1. The Labute approximate surface area is 274 Å². The third-order valence-electron chi connectivity index (χ3n) is 12.7. The molecule has 0 aromatic heterocycles. The topological polar surface area (TPSA) is 152 Å². The molecule has 13 heteroatoms. The lowest BCUT2D eigenvalue weighted by atomic mass is 9.45. The number of rotatable bonds is 11. The predicted molar refractivity (Wildman–Crippen MR) is 161 cm³/mol. The maximum Gasteiger partial charge on any atom is 0.338 e. The highest BCUT2D eigenvalue weighted by Crippen LogP contribution is 2.78. The molecule has 1 aromatic rings. The molecule has 7 rings (SSSR count). The Morgan fingerprint density at radius 2 is 1.68 bits per heavy atom. The number of hydrogen-bond acceptors (Lipinski definition) is 13. The van der Waals surface area contributed by atoms with Crippen LogP contribution in [0.2, 0.25) is 0 Å². The van der Waals surface area contributed by atoms with Crippen LogP contribution in [-0.4, -0.2) is 119 Å². The maximum absolute atomic E-state index is 13.7. The fourth-order valence-corrected chi connectivity index (χ4v) is 11.5. The van der Waals surface area contributed by atoms with Gasteiger partial charge in [0.05, 0.1) is 49.0 Å². The van der Waals surface area contributed by atoms with Crippen molar-refractivity contribution in [1.82, 2.24) is 5.06 Å². The summed E-state index contributed by atoms with van der Waals surface area (Å²) in [5, 5.41) is 14.6. The Balaban J connectivity index is 1.41. The molecule has 1 unspecified atom stereocenters. The molecule has 1 N–H and O–H groups in total. The highest BCUT2D eigenvalue weighted by molar-refractivity contribution is 5.89. The number of hydroxylamine groups is 2. The van der Waals surface area contributed by atoms with E-state index in [1.807, 2.05) is 5.06 Å². The highest BCUT2D eigenvalue weighted by Gasteiger charge is 2.86. The van der Waals surface area contributed by atoms with Gasteiger partial charge in [0.15, 0.2) is 0 Å². The van der Waals surface area contributed by atoms with Gasteiger partial charge in [0, 0.05) is 65.0 Å². The van der Waals surface area contributed by atoms with Gasteiger partial charge in [-0.05, 0) is 48.9 Å². The van der Waals surface area contributed by atoms with Crippen molar-refractivity contribution >= 4 is 18.2 Å². The van der Waals surface area contributed by atoms with Crippen LogP contribution in [0.15, 0.2) is 24.3 Å². The van der Waals surface area contributed by atoms with Crippen LogP contribution >= 0.6 is 0 Å². The highest BCUT2D eigenvalue weighted by atomic mass is 16.8. The molecule has 4 bridgehead atoms. The van der Waals surface area contributed by atoms with Gasteiger partial charge in [-0.2, -0.15) is 5.06 Å². The fourth-order valence-electron chi connectivity index (χ4n) is 11.5. The number of esters is 2. The number of fused-ring (bicyclic) bond motifs is 3. The number of aldehydes is 1.